The van der Waals surface area contributed by atoms with Crippen molar-refractivity contribution in [2.75, 3.05) is 7.11 Å². The Morgan fingerprint density at radius 1 is 0.857 bits per heavy atom. The number of ketones is 1. The molecule has 0 saturated carbocycles. The van der Waals surface area contributed by atoms with Crippen molar-refractivity contribution in [1.29, 1.82) is 0 Å². The van der Waals surface area contributed by atoms with Crippen LogP contribution in [-0.2, 0) is 0 Å². The summed E-state index contributed by atoms with van der Waals surface area (Å²) in [5.74, 6) is 0.939. The minimum atomic E-state index is 0.103. The second-order valence-electron chi connectivity index (χ2n) is 5.62. The lowest BCUT2D eigenvalue weighted by atomic mass is 9.88. The Balaban J connectivity index is 2.68. The van der Waals surface area contributed by atoms with Gasteiger partial charge < -0.3 is 4.74 Å². The number of methoxy groups -OCH3 is 1. The predicted octanol–water partition coefficient (Wildman–Crippen LogP) is 4.47. The fraction of sp³-hybridized carbons (Fsp3) is 0.316. The van der Waals surface area contributed by atoms with E-state index in [-0.39, 0.29) is 5.78 Å². The van der Waals surface area contributed by atoms with Gasteiger partial charge in [0.25, 0.3) is 0 Å². The molecule has 0 aliphatic carbocycles. The molecule has 110 valence electrons. The SMILES string of the molecule is COc1cc(C)c(C(=O)c2c(C)cccc2C)c(C)c1C. The molecule has 0 saturated heterocycles. The number of rotatable bonds is 3. The summed E-state index contributed by atoms with van der Waals surface area (Å²) in [6.45, 7) is 9.93. The van der Waals surface area contributed by atoms with Gasteiger partial charge in [-0.15, -0.1) is 0 Å². The van der Waals surface area contributed by atoms with E-state index in [9.17, 15) is 4.79 Å². The van der Waals surface area contributed by atoms with E-state index in [1.807, 2.05) is 58.9 Å². The highest BCUT2D eigenvalue weighted by Crippen LogP contribution is 2.30. The largest absolute Gasteiger partial charge is 0.496 e. The van der Waals surface area contributed by atoms with Crippen molar-refractivity contribution in [2.45, 2.75) is 34.6 Å². The molecule has 0 spiro atoms. The van der Waals surface area contributed by atoms with Crippen molar-refractivity contribution < 1.29 is 9.53 Å². The van der Waals surface area contributed by atoms with Crippen LogP contribution in [0.15, 0.2) is 24.3 Å². The van der Waals surface area contributed by atoms with Crippen LogP contribution >= 0.6 is 0 Å². The Morgan fingerprint density at radius 2 is 1.43 bits per heavy atom. The molecular formula is C19H22O2. The molecule has 0 amide bonds. The first-order chi connectivity index (χ1) is 9.88. The van der Waals surface area contributed by atoms with Crippen LogP contribution < -0.4 is 4.74 Å². The van der Waals surface area contributed by atoms with Crippen LogP contribution in [0, 0.1) is 34.6 Å². The number of carbonyl (C=O) groups excluding carboxylic acids is 1. The quantitative estimate of drug-likeness (QED) is 0.776. The van der Waals surface area contributed by atoms with Crippen molar-refractivity contribution in [1.82, 2.24) is 0 Å². The van der Waals surface area contributed by atoms with Crippen LogP contribution in [0.1, 0.15) is 43.7 Å². The summed E-state index contributed by atoms with van der Waals surface area (Å²) in [6, 6.07) is 7.91. The molecule has 0 heterocycles. The van der Waals surface area contributed by atoms with E-state index in [2.05, 4.69) is 0 Å². The van der Waals surface area contributed by atoms with Crippen molar-refractivity contribution in [3.8, 4) is 5.75 Å². The Labute approximate surface area is 126 Å². The Morgan fingerprint density at radius 3 is 1.95 bits per heavy atom. The summed E-state index contributed by atoms with van der Waals surface area (Å²) < 4.78 is 5.38. The zero-order valence-electron chi connectivity index (χ0n) is 13.6. The van der Waals surface area contributed by atoms with Gasteiger partial charge in [0.15, 0.2) is 5.78 Å². The molecule has 0 aliphatic rings. The molecule has 0 radical (unpaired) electrons. The lowest BCUT2D eigenvalue weighted by Crippen LogP contribution is -2.11. The average molecular weight is 282 g/mol. The number of benzene rings is 2. The first-order valence-electron chi connectivity index (χ1n) is 7.14. The van der Waals surface area contributed by atoms with Gasteiger partial charge in [-0.05, 0) is 68.5 Å². The maximum atomic E-state index is 13.0. The average Bonchev–Trinajstić information content (AvgIpc) is 2.42. The highest BCUT2D eigenvalue weighted by molar-refractivity contribution is 6.12. The molecule has 0 aromatic heterocycles. The van der Waals surface area contributed by atoms with E-state index in [1.165, 1.54) is 0 Å². The summed E-state index contributed by atoms with van der Waals surface area (Å²) >= 11 is 0. The van der Waals surface area contributed by atoms with Gasteiger partial charge in [-0.25, -0.2) is 0 Å². The van der Waals surface area contributed by atoms with Crippen LogP contribution in [0.3, 0.4) is 0 Å². The number of ether oxygens (including phenoxy) is 1. The number of aryl methyl sites for hydroxylation is 3. The van der Waals surface area contributed by atoms with Gasteiger partial charge in [0, 0.05) is 11.1 Å². The fourth-order valence-electron chi connectivity index (χ4n) is 2.90. The molecule has 2 aromatic carbocycles. The van der Waals surface area contributed by atoms with Crippen LogP contribution in [-0.4, -0.2) is 12.9 Å². The Bertz CT molecular complexity index is 692. The van der Waals surface area contributed by atoms with Crippen LogP contribution in [0.5, 0.6) is 5.75 Å². The first kappa shape index (κ1) is 15.3. The van der Waals surface area contributed by atoms with Gasteiger partial charge in [-0.2, -0.15) is 0 Å². The molecule has 2 aromatic rings. The molecule has 0 bridgehead atoms. The number of carbonyl (C=O) groups is 1. The number of hydrogen-bond acceptors (Lipinski definition) is 2. The fourth-order valence-corrected chi connectivity index (χ4v) is 2.90. The van der Waals surface area contributed by atoms with E-state index in [0.717, 1.165) is 44.7 Å². The summed E-state index contributed by atoms with van der Waals surface area (Å²) in [7, 11) is 1.66. The highest BCUT2D eigenvalue weighted by atomic mass is 16.5. The molecule has 0 fully saturated rings. The van der Waals surface area contributed by atoms with E-state index in [0.29, 0.717) is 0 Å². The molecule has 0 atom stereocenters. The minimum Gasteiger partial charge on any atom is -0.496 e. The van der Waals surface area contributed by atoms with Gasteiger partial charge >= 0.3 is 0 Å². The third kappa shape index (κ3) is 2.58. The Kier molecular flexibility index (Phi) is 4.17. The van der Waals surface area contributed by atoms with E-state index in [1.54, 1.807) is 7.11 Å². The van der Waals surface area contributed by atoms with Crippen molar-refractivity contribution in [3.63, 3.8) is 0 Å². The topological polar surface area (TPSA) is 26.3 Å². The summed E-state index contributed by atoms with van der Waals surface area (Å²) in [4.78, 5) is 13.0. The smallest absolute Gasteiger partial charge is 0.194 e. The molecule has 0 unspecified atom stereocenters. The lowest BCUT2D eigenvalue weighted by molar-refractivity contribution is 0.103. The molecule has 2 nitrogen and oxygen atoms in total. The highest BCUT2D eigenvalue weighted by Gasteiger charge is 2.20. The summed E-state index contributed by atoms with van der Waals surface area (Å²) in [5.41, 5.74) is 6.64. The predicted molar refractivity (Wildman–Crippen MR) is 86.6 cm³/mol. The van der Waals surface area contributed by atoms with Crippen molar-refractivity contribution in [2.24, 2.45) is 0 Å². The number of hydrogen-bond donors (Lipinski definition) is 0. The van der Waals surface area contributed by atoms with Gasteiger partial charge in [-0.1, -0.05) is 18.2 Å². The van der Waals surface area contributed by atoms with Crippen LogP contribution in [0.2, 0.25) is 0 Å². The molecule has 21 heavy (non-hydrogen) atoms. The second kappa shape index (κ2) is 5.72. The van der Waals surface area contributed by atoms with Crippen molar-refractivity contribution in [3.05, 3.63) is 63.2 Å². The minimum absolute atomic E-state index is 0.103. The van der Waals surface area contributed by atoms with Crippen LogP contribution in [0.4, 0.5) is 0 Å². The lowest BCUT2D eigenvalue weighted by Gasteiger charge is -2.17. The maximum absolute atomic E-state index is 13.0. The van der Waals surface area contributed by atoms with Gasteiger partial charge in [0.05, 0.1) is 7.11 Å². The molecule has 0 N–H and O–H groups in total. The zero-order valence-corrected chi connectivity index (χ0v) is 13.6. The molecular weight excluding hydrogens is 260 g/mol. The van der Waals surface area contributed by atoms with E-state index in [4.69, 9.17) is 4.74 Å². The monoisotopic (exact) mass is 282 g/mol. The molecule has 2 heteroatoms. The zero-order chi connectivity index (χ0) is 15.7. The van der Waals surface area contributed by atoms with Gasteiger partial charge in [0.1, 0.15) is 5.75 Å². The third-order valence-corrected chi connectivity index (χ3v) is 4.20. The normalized spacial score (nSPS) is 10.6. The molecule has 0 aliphatic heterocycles. The Hall–Kier alpha value is -2.09. The second-order valence-corrected chi connectivity index (χ2v) is 5.62. The summed E-state index contributed by atoms with van der Waals surface area (Å²) in [6.07, 6.45) is 0. The third-order valence-electron chi connectivity index (χ3n) is 4.20. The van der Waals surface area contributed by atoms with E-state index >= 15 is 0 Å². The first-order valence-corrected chi connectivity index (χ1v) is 7.14. The summed E-state index contributed by atoms with van der Waals surface area (Å²) in [5, 5.41) is 0. The van der Waals surface area contributed by atoms with Gasteiger partial charge in [0.2, 0.25) is 0 Å². The molecule has 2 rings (SSSR count). The van der Waals surface area contributed by atoms with Crippen molar-refractivity contribution >= 4 is 5.78 Å². The van der Waals surface area contributed by atoms with Crippen LogP contribution in [0.25, 0.3) is 0 Å². The van der Waals surface area contributed by atoms with Gasteiger partial charge in [-0.3, -0.25) is 4.79 Å². The van der Waals surface area contributed by atoms with E-state index < -0.39 is 0 Å². The maximum Gasteiger partial charge on any atom is 0.194 e. The standard InChI is InChI=1S/C19H22O2/c1-11-8-7-9-12(2)17(11)19(20)18-13(3)10-16(21-6)14(4)15(18)5/h7-10H,1-6H3.